The monoisotopic (exact) mass is 314 g/mol. The largest absolute Gasteiger partial charge is 0.356 e. The molecule has 1 aliphatic carbocycles. The van der Waals surface area contributed by atoms with E-state index in [2.05, 4.69) is 30.5 Å². The molecule has 1 aromatic carbocycles. The van der Waals surface area contributed by atoms with Crippen molar-refractivity contribution < 1.29 is 4.79 Å². The number of hydrogen-bond donors (Lipinski definition) is 1. The Kier molecular flexibility index (Phi) is 4.88. The minimum absolute atomic E-state index is 0.0161. The average molecular weight is 314 g/mol. The summed E-state index contributed by atoms with van der Waals surface area (Å²) < 4.78 is 1.21. The summed E-state index contributed by atoms with van der Waals surface area (Å²) in [5, 5.41) is 4.19. The summed E-state index contributed by atoms with van der Waals surface area (Å²) >= 11 is 1.73. The van der Waals surface area contributed by atoms with E-state index in [9.17, 15) is 4.79 Å². The molecule has 1 heterocycles. The number of benzene rings is 1. The Morgan fingerprint density at radius 2 is 2.14 bits per heavy atom. The Balaban J connectivity index is 1.80. The summed E-state index contributed by atoms with van der Waals surface area (Å²) in [5.74, 6) is 0.411. The van der Waals surface area contributed by atoms with Crippen LogP contribution in [0.3, 0.4) is 0 Å². The third kappa shape index (κ3) is 3.22. The molecule has 0 spiro atoms. The molecule has 2 atom stereocenters. The number of carbonyl (C=O) groups excluding carboxylic acids is 1. The highest BCUT2D eigenvalue weighted by Gasteiger charge is 2.31. The highest BCUT2D eigenvalue weighted by molar-refractivity contribution is 7.18. The number of fused-ring (bicyclic) bond motifs is 1. The second-order valence-corrected chi connectivity index (χ2v) is 6.88. The number of amides is 1. The molecule has 1 amide bonds. The number of unbranched alkanes of at least 4 members (excludes halogenated alkanes) is 1. The minimum atomic E-state index is 0.0161. The maximum absolute atomic E-state index is 12.5. The topological polar surface area (TPSA) is 42.0 Å². The number of nitrogens with zero attached hydrogens (tertiary/aromatic N) is 1. The van der Waals surface area contributed by atoms with Gasteiger partial charge < -0.3 is 5.32 Å². The summed E-state index contributed by atoms with van der Waals surface area (Å²) in [4.78, 5) is 17.3. The first kappa shape index (κ1) is 15.2. The van der Waals surface area contributed by atoms with Crippen LogP contribution in [0.4, 0.5) is 0 Å². The first-order valence-corrected chi connectivity index (χ1v) is 8.89. The number of nitrogens with one attached hydrogen (secondary N) is 1. The molecule has 2 unspecified atom stereocenters. The molecular weight excluding hydrogens is 292 g/mol. The van der Waals surface area contributed by atoms with Gasteiger partial charge in [0.1, 0.15) is 0 Å². The third-order valence-electron chi connectivity index (χ3n) is 4.23. The second-order valence-electron chi connectivity index (χ2n) is 5.82. The summed E-state index contributed by atoms with van der Waals surface area (Å²) in [6.07, 6.45) is 8.19. The number of allylic oxidation sites excluding steroid dienone is 2. The molecule has 0 bridgehead atoms. The maximum atomic E-state index is 12.5. The highest BCUT2D eigenvalue weighted by atomic mass is 32.1. The van der Waals surface area contributed by atoms with Crippen molar-refractivity contribution in [3.63, 3.8) is 0 Å². The van der Waals surface area contributed by atoms with Gasteiger partial charge in [0.25, 0.3) is 0 Å². The molecule has 1 aliphatic rings. The van der Waals surface area contributed by atoms with E-state index in [0.717, 1.165) is 42.8 Å². The van der Waals surface area contributed by atoms with Crippen molar-refractivity contribution in [3.05, 3.63) is 41.4 Å². The smallest absolute Gasteiger partial charge is 0.224 e. The molecule has 3 nitrogen and oxygen atoms in total. The van der Waals surface area contributed by atoms with E-state index in [-0.39, 0.29) is 17.7 Å². The molecular formula is C18H22N2OS. The fourth-order valence-corrected chi connectivity index (χ4v) is 4.09. The van der Waals surface area contributed by atoms with Crippen molar-refractivity contribution in [1.29, 1.82) is 0 Å². The molecule has 2 aromatic rings. The summed E-state index contributed by atoms with van der Waals surface area (Å²) in [6, 6.07) is 8.21. The Bertz CT molecular complexity index is 644. The minimum Gasteiger partial charge on any atom is -0.356 e. The molecule has 22 heavy (non-hydrogen) atoms. The normalized spacial score (nSPS) is 21.1. The molecule has 0 radical (unpaired) electrons. The fourth-order valence-electron chi connectivity index (χ4n) is 2.94. The van der Waals surface area contributed by atoms with Gasteiger partial charge in [-0.05, 0) is 31.4 Å². The zero-order valence-electron chi connectivity index (χ0n) is 12.9. The van der Waals surface area contributed by atoms with Crippen LogP contribution >= 0.6 is 11.3 Å². The second kappa shape index (κ2) is 7.05. The Labute approximate surface area is 135 Å². The van der Waals surface area contributed by atoms with Crippen molar-refractivity contribution in [1.82, 2.24) is 10.3 Å². The van der Waals surface area contributed by atoms with E-state index in [4.69, 9.17) is 4.98 Å². The molecule has 0 aliphatic heterocycles. The van der Waals surface area contributed by atoms with Crippen molar-refractivity contribution in [2.45, 2.75) is 38.5 Å². The van der Waals surface area contributed by atoms with Gasteiger partial charge >= 0.3 is 0 Å². The van der Waals surface area contributed by atoms with Gasteiger partial charge in [0.2, 0.25) is 5.91 Å². The van der Waals surface area contributed by atoms with E-state index >= 15 is 0 Å². The van der Waals surface area contributed by atoms with Crippen LogP contribution in [-0.2, 0) is 4.79 Å². The van der Waals surface area contributed by atoms with E-state index in [1.165, 1.54) is 4.70 Å². The van der Waals surface area contributed by atoms with Gasteiger partial charge in [-0.3, -0.25) is 4.79 Å². The van der Waals surface area contributed by atoms with Crippen LogP contribution in [-0.4, -0.2) is 17.4 Å². The van der Waals surface area contributed by atoms with Crippen LogP contribution < -0.4 is 5.32 Å². The van der Waals surface area contributed by atoms with Crippen molar-refractivity contribution in [3.8, 4) is 0 Å². The van der Waals surface area contributed by atoms with Gasteiger partial charge in [-0.1, -0.05) is 37.6 Å². The summed E-state index contributed by atoms with van der Waals surface area (Å²) in [6.45, 7) is 2.92. The number of aromatic nitrogens is 1. The van der Waals surface area contributed by atoms with E-state index < -0.39 is 0 Å². The third-order valence-corrected chi connectivity index (χ3v) is 5.39. The number of para-hydroxylation sites is 1. The lowest BCUT2D eigenvalue weighted by Gasteiger charge is -2.26. The zero-order chi connectivity index (χ0) is 15.4. The Hall–Kier alpha value is -1.68. The van der Waals surface area contributed by atoms with Crippen LogP contribution in [0.1, 0.15) is 43.5 Å². The number of hydrogen-bond acceptors (Lipinski definition) is 3. The molecule has 0 saturated heterocycles. The quantitative estimate of drug-likeness (QED) is 0.662. The van der Waals surface area contributed by atoms with Gasteiger partial charge in [0, 0.05) is 12.5 Å². The van der Waals surface area contributed by atoms with Crippen LogP contribution in [0.25, 0.3) is 10.2 Å². The molecule has 1 aromatic heterocycles. The van der Waals surface area contributed by atoms with E-state index in [1.807, 2.05) is 18.2 Å². The highest BCUT2D eigenvalue weighted by Crippen LogP contribution is 2.38. The molecule has 3 rings (SSSR count). The molecule has 4 heteroatoms. The van der Waals surface area contributed by atoms with Gasteiger partial charge in [0.05, 0.1) is 21.1 Å². The average Bonchev–Trinajstić information content (AvgIpc) is 2.99. The van der Waals surface area contributed by atoms with Crippen LogP contribution in [0.5, 0.6) is 0 Å². The Morgan fingerprint density at radius 1 is 1.32 bits per heavy atom. The van der Waals surface area contributed by atoms with Gasteiger partial charge in [-0.15, -0.1) is 11.3 Å². The van der Waals surface area contributed by atoms with E-state index in [1.54, 1.807) is 11.3 Å². The maximum Gasteiger partial charge on any atom is 0.224 e. The van der Waals surface area contributed by atoms with Gasteiger partial charge in [-0.25, -0.2) is 4.98 Å². The molecule has 0 fully saturated rings. The standard InChI is InChI=1S/C18H22N2OS/c1-2-3-12-19-17(21)13-8-4-5-9-14(13)18-20-15-10-6-7-11-16(15)22-18/h4-7,10-11,13-14H,2-3,8-9,12H2,1H3,(H,19,21). The lowest BCUT2D eigenvalue weighted by molar-refractivity contribution is -0.125. The number of carbonyl (C=O) groups is 1. The van der Waals surface area contributed by atoms with Crippen LogP contribution in [0.2, 0.25) is 0 Å². The summed E-state index contributed by atoms with van der Waals surface area (Å²) in [5.41, 5.74) is 1.04. The Morgan fingerprint density at radius 3 is 2.95 bits per heavy atom. The van der Waals surface area contributed by atoms with Gasteiger partial charge in [0.15, 0.2) is 0 Å². The predicted molar refractivity (Wildman–Crippen MR) is 92.1 cm³/mol. The van der Waals surface area contributed by atoms with E-state index in [0.29, 0.717) is 0 Å². The van der Waals surface area contributed by atoms with Crippen LogP contribution in [0, 0.1) is 5.92 Å². The number of thiazole rings is 1. The SMILES string of the molecule is CCCCNC(=O)C1CC=CCC1c1nc2ccccc2s1. The molecule has 1 N–H and O–H groups in total. The van der Waals surface area contributed by atoms with Gasteiger partial charge in [-0.2, -0.15) is 0 Å². The first-order valence-electron chi connectivity index (χ1n) is 8.07. The zero-order valence-corrected chi connectivity index (χ0v) is 13.7. The molecule has 0 saturated carbocycles. The van der Waals surface area contributed by atoms with Crippen molar-refractivity contribution >= 4 is 27.5 Å². The molecule has 116 valence electrons. The predicted octanol–water partition coefficient (Wildman–Crippen LogP) is 4.26. The first-order chi connectivity index (χ1) is 10.8. The van der Waals surface area contributed by atoms with Crippen molar-refractivity contribution in [2.75, 3.05) is 6.54 Å². The lowest BCUT2D eigenvalue weighted by Crippen LogP contribution is -2.35. The number of rotatable bonds is 5. The lowest BCUT2D eigenvalue weighted by atomic mass is 9.82. The van der Waals surface area contributed by atoms with Crippen LogP contribution in [0.15, 0.2) is 36.4 Å². The summed E-state index contributed by atoms with van der Waals surface area (Å²) in [7, 11) is 0. The fraction of sp³-hybridized carbons (Fsp3) is 0.444. The van der Waals surface area contributed by atoms with Crippen molar-refractivity contribution in [2.24, 2.45) is 5.92 Å².